The molecular formula is C19H13F6N7O2. The molecule has 0 fully saturated rings. The van der Waals surface area contributed by atoms with Crippen LogP contribution in [-0.2, 0) is 23.7 Å². The standard InChI is InChI=1S/C19H13F6N7O2/c20-18(21,22)12-7-11(8-13(9-12)19(23,24)25)15-27-10-31(29-15)3-1-14(33)28-32-6-5-30-4-2-26-16(30)17(32)34/h1-4,7-10H,5-6H2,(H,28,33)/b3-1-. The zero-order chi connectivity index (χ0) is 24.7. The maximum Gasteiger partial charge on any atom is 0.416 e. The summed E-state index contributed by atoms with van der Waals surface area (Å²) in [6.45, 7) is 0.598. The highest BCUT2D eigenvalue weighted by atomic mass is 19.4. The van der Waals surface area contributed by atoms with Crippen LogP contribution in [0.5, 0.6) is 0 Å². The molecule has 0 saturated carbocycles. The first kappa shape index (κ1) is 23.0. The van der Waals surface area contributed by atoms with Gasteiger partial charge >= 0.3 is 18.3 Å². The lowest BCUT2D eigenvalue weighted by molar-refractivity contribution is -0.143. The number of alkyl halides is 6. The molecule has 3 aromatic rings. The van der Waals surface area contributed by atoms with Crippen LogP contribution in [-0.4, -0.2) is 47.7 Å². The van der Waals surface area contributed by atoms with Crippen LogP contribution in [0, 0.1) is 0 Å². The van der Waals surface area contributed by atoms with Crippen LogP contribution >= 0.6 is 0 Å². The fraction of sp³-hybridized carbons (Fsp3) is 0.211. The number of aromatic nitrogens is 5. The fourth-order valence-corrected chi connectivity index (χ4v) is 3.10. The van der Waals surface area contributed by atoms with Crippen LogP contribution in [0.3, 0.4) is 0 Å². The molecule has 4 rings (SSSR count). The summed E-state index contributed by atoms with van der Waals surface area (Å²) in [5.74, 6) is -1.52. The van der Waals surface area contributed by atoms with Gasteiger partial charge in [0.1, 0.15) is 6.33 Å². The lowest BCUT2D eigenvalue weighted by atomic mass is 10.0. The summed E-state index contributed by atoms with van der Waals surface area (Å²) >= 11 is 0. The molecule has 15 heteroatoms. The van der Waals surface area contributed by atoms with Gasteiger partial charge in [-0.05, 0) is 18.2 Å². The number of fused-ring (bicyclic) bond motifs is 1. The number of benzene rings is 1. The van der Waals surface area contributed by atoms with E-state index in [0.717, 1.165) is 28.3 Å². The molecule has 0 aliphatic carbocycles. The van der Waals surface area contributed by atoms with Gasteiger partial charge in [0.15, 0.2) is 5.82 Å². The van der Waals surface area contributed by atoms with Crippen molar-refractivity contribution in [2.24, 2.45) is 0 Å². The number of imidazole rings is 1. The van der Waals surface area contributed by atoms with Gasteiger partial charge in [-0.1, -0.05) is 0 Å². The van der Waals surface area contributed by atoms with Gasteiger partial charge in [0, 0.05) is 36.8 Å². The minimum Gasteiger partial charge on any atom is -0.325 e. The summed E-state index contributed by atoms with van der Waals surface area (Å²) in [4.78, 5) is 32.0. The number of hydrazine groups is 1. The number of rotatable bonds is 4. The Balaban J connectivity index is 1.49. The van der Waals surface area contributed by atoms with Crippen molar-refractivity contribution in [1.82, 2.24) is 34.8 Å². The van der Waals surface area contributed by atoms with Crippen molar-refractivity contribution in [2.45, 2.75) is 18.9 Å². The Morgan fingerprint density at radius 3 is 2.32 bits per heavy atom. The molecule has 0 bridgehead atoms. The summed E-state index contributed by atoms with van der Waals surface area (Å²) in [6, 6.07) is 0.993. The van der Waals surface area contributed by atoms with Crippen LogP contribution in [0.1, 0.15) is 21.7 Å². The molecule has 1 aliphatic heterocycles. The fourth-order valence-electron chi connectivity index (χ4n) is 3.10. The largest absolute Gasteiger partial charge is 0.416 e. The van der Waals surface area contributed by atoms with E-state index in [1.54, 1.807) is 10.8 Å². The van der Waals surface area contributed by atoms with E-state index in [1.165, 1.54) is 6.20 Å². The zero-order valence-corrected chi connectivity index (χ0v) is 16.8. The molecule has 2 amide bonds. The van der Waals surface area contributed by atoms with E-state index in [0.29, 0.717) is 18.7 Å². The molecule has 0 spiro atoms. The van der Waals surface area contributed by atoms with E-state index in [2.05, 4.69) is 20.5 Å². The maximum absolute atomic E-state index is 13.0. The van der Waals surface area contributed by atoms with Gasteiger partial charge in [-0.3, -0.25) is 15.0 Å². The smallest absolute Gasteiger partial charge is 0.325 e. The van der Waals surface area contributed by atoms with Gasteiger partial charge in [0.25, 0.3) is 5.91 Å². The third kappa shape index (κ3) is 4.77. The van der Waals surface area contributed by atoms with Crippen molar-refractivity contribution in [3.8, 4) is 11.4 Å². The van der Waals surface area contributed by atoms with Crippen LogP contribution in [0.4, 0.5) is 26.3 Å². The Labute approximate surface area is 186 Å². The monoisotopic (exact) mass is 485 g/mol. The molecule has 0 unspecified atom stereocenters. The van der Waals surface area contributed by atoms with E-state index in [-0.39, 0.29) is 18.4 Å². The highest BCUT2D eigenvalue weighted by molar-refractivity contribution is 5.96. The number of hydrogen-bond donors (Lipinski definition) is 1. The van der Waals surface area contributed by atoms with Gasteiger partial charge in [0.05, 0.1) is 17.7 Å². The molecule has 178 valence electrons. The average Bonchev–Trinajstić information content (AvgIpc) is 3.43. The number of nitrogens with zero attached hydrogens (tertiary/aromatic N) is 6. The van der Waals surface area contributed by atoms with Crippen molar-refractivity contribution in [2.75, 3.05) is 6.54 Å². The quantitative estimate of drug-likeness (QED) is 0.453. The minimum absolute atomic E-state index is 0.000949. The van der Waals surface area contributed by atoms with Crippen LogP contribution in [0.25, 0.3) is 17.6 Å². The molecule has 3 heterocycles. The molecule has 1 aromatic carbocycles. The maximum atomic E-state index is 13.0. The zero-order valence-electron chi connectivity index (χ0n) is 16.8. The van der Waals surface area contributed by atoms with E-state index in [1.807, 2.05) is 0 Å². The van der Waals surface area contributed by atoms with Crippen molar-refractivity contribution in [1.29, 1.82) is 0 Å². The first-order chi connectivity index (χ1) is 15.9. The highest BCUT2D eigenvalue weighted by Gasteiger charge is 2.37. The SMILES string of the molecule is O=C(/C=C\n1cnc(-c2cc(C(F)(F)F)cc(C(F)(F)F)c2)n1)NN1CCn2ccnc2C1=O. The minimum atomic E-state index is -5.01. The molecule has 9 nitrogen and oxygen atoms in total. The first-order valence-corrected chi connectivity index (χ1v) is 9.44. The number of halogens is 6. The van der Waals surface area contributed by atoms with Gasteiger partial charge in [-0.25, -0.2) is 19.7 Å². The number of carbonyl (C=O) groups is 2. The molecule has 2 aromatic heterocycles. The Kier molecular flexibility index (Phi) is 5.62. The second-order valence-electron chi connectivity index (χ2n) is 7.04. The van der Waals surface area contributed by atoms with Gasteiger partial charge in [0.2, 0.25) is 5.82 Å². The summed E-state index contributed by atoms with van der Waals surface area (Å²) < 4.78 is 80.8. The number of nitrogens with one attached hydrogen (secondary N) is 1. The van der Waals surface area contributed by atoms with Crippen molar-refractivity contribution < 1.29 is 35.9 Å². The third-order valence-electron chi connectivity index (χ3n) is 4.69. The third-order valence-corrected chi connectivity index (χ3v) is 4.69. The highest BCUT2D eigenvalue weighted by Crippen LogP contribution is 2.38. The summed E-state index contributed by atoms with van der Waals surface area (Å²) in [6.07, 6.45) is -3.94. The number of amides is 2. The van der Waals surface area contributed by atoms with Crippen LogP contribution in [0.2, 0.25) is 0 Å². The Morgan fingerprint density at radius 1 is 1.00 bits per heavy atom. The second-order valence-corrected chi connectivity index (χ2v) is 7.04. The number of carbonyl (C=O) groups excluding carboxylic acids is 2. The summed E-state index contributed by atoms with van der Waals surface area (Å²) in [7, 11) is 0. The second kappa shape index (κ2) is 8.31. The Bertz CT molecular complexity index is 1240. The van der Waals surface area contributed by atoms with Crippen molar-refractivity contribution in [3.63, 3.8) is 0 Å². The van der Waals surface area contributed by atoms with Gasteiger partial charge in [-0.15, -0.1) is 5.10 Å². The lowest BCUT2D eigenvalue weighted by Crippen LogP contribution is -2.50. The summed E-state index contributed by atoms with van der Waals surface area (Å²) in [5.41, 5.74) is -1.17. The average molecular weight is 485 g/mol. The predicted molar refractivity (Wildman–Crippen MR) is 102 cm³/mol. The molecule has 0 radical (unpaired) electrons. The normalized spacial score (nSPS) is 14.5. The van der Waals surface area contributed by atoms with Gasteiger partial charge < -0.3 is 4.57 Å². The van der Waals surface area contributed by atoms with E-state index < -0.39 is 46.7 Å². The molecule has 1 N–H and O–H groups in total. The molecule has 34 heavy (non-hydrogen) atoms. The Morgan fingerprint density at radius 2 is 1.68 bits per heavy atom. The van der Waals surface area contributed by atoms with Crippen molar-refractivity contribution >= 4 is 18.0 Å². The van der Waals surface area contributed by atoms with E-state index in [4.69, 9.17) is 0 Å². The van der Waals surface area contributed by atoms with Crippen LogP contribution in [0.15, 0.2) is 43.0 Å². The Hall–Kier alpha value is -4.17. The molecule has 0 saturated heterocycles. The summed E-state index contributed by atoms with van der Waals surface area (Å²) in [5, 5.41) is 4.85. The molecule has 1 aliphatic rings. The van der Waals surface area contributed by atoms with E-state index in [9.17, 15) is 35.9 Å². The molecule has 0 atom stereocenters. The molecular weight excluding hydrogens is 472 g/mol. The first-order valence-electron chi connectivity index (χ1n) is 9.44. The van der Waals surface area contributed by atoms with Crippen LogP contribution < -0.4 is 5.43 Å². The van der Waals surface area contributed by atoms with Crippen molar-refractivity contribution in [3.05, 3.63) is 59.9 Å². The number of hydrogen-bond acceptors (Lipinski definition) is 5. The predicted octanol–water partition coefficient (Wildman–Crippen LogP) is 2.84. The topological polar surface area (TPSA) is 97.9 Å². The van der Waals surface area contributed by atoms with Gasteiger partial charge in [-0.2, -0.15) is 26.3 Å². The van der Waals surface area contributed by atoms with E-state index >= 15 is 0 Å². The lowest BCUT2D eigenvalue weighted by Gasteiger charge is -2.26.